The number of para-hydroxylation sites is 1. The molecule has 0 fully saturated rings. The van der Waals surface area contributed by atoms with Crippen LogP contribution in [0.25, 0.3) is 0 Å². The minimum atomic E-state index is -0.638. The molecule has 4 N–H and O–H groups in total. The van der Waals surface area contributed by atoms with Crippen LogP contribution < -0.4 is 25.8 Å². The fourth-order valence-electron chi connectivity index (χ4n) is 2.42. The van der Waals surface area contributed by atoms with E-state index in [2.05, 4.69) is 10.6 Å². The number of hydrogen-bond donors (Lipinski definition) is 3. The normalized spacial score (nSPS) is 15.3. The molecule has 2 aromatic rings. The molecular weight excluding hydrogens is 338 g/mol. The average Bonchev–Trinajstić information content (AvgIpc) is 2.61. The van der Waals surface area contributed by atoms with Crippen molar-refractivity contribution in [2.24, 2.45) is 5.73 Å². The number of fused-ring (bicyclic) bond motifs is 1. The first-order valence-corrected chi connectivity index (χ1v) is 7.87. The molecule has 8 nitrogen and oxygen atoms in total. The van der Waals surface area contributed by atoms with E-state index in [0.29, 0.717) is 17.1 Å². The van der Waals surface area contributed by atoms with Crippen LogP contribution in [-0.2, 0) is 9.59 Å². The Balaban J connectivity index is 1.63. The molecule has 0 aliphatic carbocycles. The first kappa shape index (κ1) is 17.3. The Morgan fingerprint density at radius 3 is 2.81 bits per heavy atom. The maximum absolute atomic E-state index is 12.1. The lowest BCUT2D eigenvalue weighted by molar-refractivity contribution is -0.122. The molecule has 1 heterocycles. The summed E-state index contributed by atoms with van der Waals surface area (Å²) in [6.07, 6.45) is -0.568. The van der Waals surface area contributed by atoms with Crippen LogP contribution in [0.2, 0.25) is 0 Å². The van der Waals surface area contributed by atoms with E-state index in [1.807, 2.05) is 0 Å². The summed E-state index contributed by atoms with van der Waals surface area (Å²) in [5, 5.41) is 5.35. The quantitative estimate of drug-likeness (QED) is 0.751. The van der Waals surface area contributed by atoms with Crippen LogP contribution in [0, 0.1) is 0 Å². The fourth-order valence-corrected chi connectivity index (χ4v) is 2.42. The van der Waals surface area contributed by atoms with Crippen molar-refractivity contribution in [2.75, 3.05) is 17.2 Å². The first-order chi connectivity index (χ1) is 12.4. The number of amides is 3. The van der Waals surface area contributed by atoms with Gasteiger partial charge in [0.2, 0.25) is 0 Å². The van der Waals surface area contributed by atoms with Gasteiger partial charge >= 0.3 is 0 Å². The lowest BCUT2D eigenvalue weighted by Crippen LogP contribution is -2.34. The van der Waals surface area contributed by atoms with Crippen molar-refractivity contribution >= 4 is 29.1 Å². The highest BCUT2D eigenvalue weighted by Crippen LogP contribution is 2.32. The van der Waals surface area contributed by atoms with Gasteiger partial charge in [0.25, 0.3) is 17.7 Å². The van der Waals surface area contributed by atoms with E-state index >= 15 is 0 Å². The SMILES string of the molecule is C[C@@H]1Oc2ccc(NC(=O)COc3ccccc3C(N)=O)cc2NC1=O. The van der Waals surface area contributed by atoms with Gasteiger partial charge in [-0.2, -0.15) is 0 Å². The Kier molecular flexibility index (Phi) is 4.74. The zero-order chi connectivity index (χ0) is 18.7. The Bertz CT molecular complexity index is 881. The number of nitrogens with one attached hydrogen (secondary N) is 2. The van der Waals surface area contributed by atoms with Gasteiger partial charge in [-0.05, 0) is 37.3 Å². The molecule has 0 bridgehead atoms. The Labute approximate surface area is 149 Å². The number of carbonyl (C=O) groups is 3. The summed E-state index contributed by atoms with van der Waals surface area (Å²) in [6, 6.07) is 11.3. The maximum Gasteiger partial charge on any atom is 0.265 e. The maximum atomic E-state index is 12.1. The van der Waals surface area contributed by atoms with Crippen LogP contribution in [0.3, 0.4) is 0 Å². The second kappa shape index (κ2) is 7.14. The number of anilines is 2. The van der Waals surface area contributed by atoms with Crippen molar-refractivity contribution in [3.8, 4) is 11.5 Å². The minimum Gasteiger partial charge on any atom is -0.483 e. The van der Waals surface area contributed by atoms with E-state index in [9.17, 15) is 14.4 Å². The van der Waals surface area contributed by atoms with Gasteiger partial charge in [0.05, 0.1) is 11.3 Å². The van der Waals surface area contributed by atoms with Crippen LogP contribution in [0.4, 0.5) is 11.4 Å². The molecule has 26 heavy (non-hydrogen) atoms. The molecule has 1 atom stereocenters. The van der Waals surface area contributed by atoms with Crippen LogP contribution in [0.1, 0.15) is 17.3 Å². The summed E-state index contributed by atoms with van der Waals surface area (Å²) >= 11 is 0. The van der Waals surface area contributed by atoms with Crippen molar-refractivity contribution in [2.45, 2.75) is 13.0 Å². The molecule has 0 radical (unpaired) electrons. The summed E-state index contributed by atoms with van der Waals surface area (Å²) in [6.45, 7) is 1.34. The van der Waals surface area contributed by atoms with Crippen LogP contribution in [0.5, 0.6) is 11.5 Å². The minimum absolute atomic E-state index is 0.197. The highest BCUT2D eigenvalue weighted by Gasteiger charge is 2.23. The van der Waals surface area contributed by atoms with Gasteiger partial charge in [0.1, 0.15) is 11.5 Å². The van der Waals surface area contributed by atoms with E-state index in [0.717, 1.165) is 0 Å². The molecule has 2 aromatic carbocycles. The average molecular weight is 355 g/mol. The number of ether oxygens (including phenoxy) is 2. The highest BCUT2D eigenvalue weighted by atomic mass is 16.5. The monoisotopic (exact) mass is 355 g/mol. The standard InChI is InChI=1S/C18H17N3O5/c1-10-18(24)21-13-8-11(6-7-15(13)26-10)20-16(22)9-25-14-5-3-2-4-12(14)17(19)23/h2-8,10H,9H2,1H3,(H2,19,23)(H,20,22)(H,21,24)/t10-/m0/s1. The van der Waals surface area contributed by atoms with Crippen molar-refractivity contribution < 1.29 is 23.9 Å². The van der Waals surface area contributed by atoms with Crippen LogP contribution in [0.15, 0.2) is 42.5 Å². The summed E-state index contributed by atoms with van der Waals surface area (Å²) < 4.78 is 10.8. The summed E-state index contributed by atoms with van der Waals surface area (Å²) in [5.41, 5.74) is 6.41. The van der Waals surface area contributed by atoms with E-state index in [-0.39, 0.29) is 23.8 Å². The van der Waals surface area contributed by atoms with E-state index in [4.69, 9.17) is 15.2 Å². The number of nitrogens with two attached hydrogens (primary N) is 1. The number of primary amides is 1. The Morgan fingerprint density at radius 2 is 2.04 bits per heavy atom. The third-order valence-corrected chi connectivity index (χ3v) is 3.71. The van der Waals surface area contributed by atoms with Crippen molar-refractivity contribution in [3.63, 3.8) is 0 Å². The third kappa shape index (κ3) is 3.75. The molecule has 1 aliphatic rings. The number of hydrogen-bond acceptors (Lipinski definition) is 5. The highest BCUT2D eigenvalue weighted by molar-refractivity contribution is 5.99. The van der Waals surface area contributed by atoms with Gasteiger partial charge in [0, 0.05) is 5.69 Å². The number of rotatable bonds is 5. The zero-order valence-corrected chi connectivity index (χ0v) is 13.9. The summed E-state index contributed by atoms with van der Waals surface area (Å²) in [7, 11) is 0. The van der Waals surface area contributed by atoms with E-state index in [1.54, 1.807) is 43.3 Å². The van der Waals surface area contributed by atoms with Gasteiger partial charge in [-0.3, -0.25) is 14.4 Å². The van der Waals surface area contributed by atoms with Gasteiger partial charge < -0.3 is 25.8 Å². The molecule has 0 aromatic heterocycles. The summed E-state index contributed by atoms with van der Waals surface area (Å²) in [5.74, 6) is -0.564. The molecule has 134 valence electrons. The van der Waals surface area contributed by atoms with Crippen molar-refractivity contribution in [1.29, 1.82) is 0 Å². The van der Waals surface area contributed by atoms with E-state index < -0.39 is 17.9 Å². The first-order valence-electron chi connectivity index (χ1n) is 7.87. The lowest BCUT2D eigenvalue weighted by Gasteiger charge is -2.23. The topological polar surface area (TPSA) is 120 Å². The molecular formula is C18H17N3O5. The second-order valence-corrected chi connectivity index (χ2v) is 5.66. The van der Waals surface area contributed by atoms with Crippen LogP contribution >= 0.6 is 0 Å². The molecule has 0 spiro atoms. The van der Waals surface area contributed by atoms with Gasteiger partial charge in [-0.1, -0.05) is 12.1 Å². The molecule has 3 rings (SSSR count). The van der Waals surface area contributed by atoms with Crippen molar-refractivity contribution in [1.82, 2.24) is 0 Å². The van der Waals surface area contributed by atoms with Crippen molar-refractivity contribution in [3.05, 3.63) is 48.0 Å². The number of carbonyl (C=O) groups excluding carboxylic acids is 3. The molecule has 1 aliphatic heterocycles. The zero-order valence-electron chi connectivity index (χ0n) is 13.9. The molecule has 0 saturated heterocycles. The Hall–Kier alpha value is -3.55. The lowest BCUT2D eigenvalue weighted by atomic mass is 10.2. The van der Waals surface area contributed by atoms with Gasteiger partial charge in [-0.15, -0.1) is 0 Å². The fraction of sp³-hybridized carbons (Fsp3) is 0.167. The molecule has 0 saturated carbocycles. The molecule has 0 unspecified atom stereocenters. The van der Waals surface area contributed by atoms with E-state index in [1.165, 1.54) is 6.07 Å². The van der Waals surface area contributed by atoms with Crippen LogP contribution in [-0.4, -0.2) is 30.4 Å². The van der Waals surface area contributed by atoms with Gasteiger partial charge in [-0.25, -0.2) is 0 Å². The third-order valence-electron chi connectivity index (χ3n) is 3.71. The number of benzene rings is 2. The second-order valence-electron chi connectivity index (χ2n) is 5.66. The van der Waals surface area contributed by atoms with Gasteiger partial charge in [0.15, 0.2) is 12.7 Å². The predicted octanol–water partition coefficient (Wildman–Crippen LogP) is 1.52. The molecule has 3 amide bonds. The predicted molar refractivity (Wildman–Crippen MR) is 94.2 cm³/mol. The largest absolute Gasteiger partial charge is 0.483 e. The smallest absolute Gasteiger partial charge is 0.265 e. The molecule has 8 heteroatoms. The Morgan fingerprint density at radius 1 is 1.27 bits per heavy atom. The summed E-state index contributed by atoms with van der Waals surface area (Å²) in [4.78, 5) is 35.1.